The van der Waals surface area contributed by atoms with Crippen molar-refractivity contribution in [2.45, 2.75) is 13.0 Å². The van der Waals surface area contributed by atoms with Gasteiger partial charge in [-0.2, -0.15) is 0 Å². The minimum absolute atomic E-state index is 0. The van der Waals surface area contributed by atoms with Gasteiger partial charge in [0.25, 0.3) is 0 Å². The molecule has 72 valence electrons. The standard InChI is InChI=1S/C3H6O3.4H3N.Ti/c1-2(4)3(5)6;;;;;/h2,4H,1H3,(H,5,6);4*1H3;. The molecule has 11 heavy (non-hydrogen) atoms. The average molecular weight is 206 g/mol. The van der Waals surface area contributed by atoms with E-state index >= 15 is 0 Å². The monoisotopic (exact) mass is 206 g/mol. The maximum Gasteiger partial charge on any atom is 0.332 e. The first-order valence-electron chi connectivity index (χ1n) is 1.55. The van der Waals surface area contributed by atoms with Crippen molar-refractivity contribution < 1.29 is 36.7 Å². The number of hydrogen-bond donors (Lipinski definition) is 6. The topological polar surface area (TPSA) is 198 Å². The van der Waals surface area contributed by atoms with Gasteiger partial charge in [0.15, 0.2) is 0 Å². The molecule has 7 nitrogen and oxygen atoms in total. The number of aliphatic carboxylic acids is 1. The third kappa shape index (κ3) is 40.1. The molecule has 0 aromatic heterocycles. The largest absolute Gasteiger partial charge is 0.479 e. The summed E-state index contributed by atoms with van der Waals surface area (Å²) >= 11 is 0. The molecule has 0 bridgehead atoms. The summed E-state index contributed by atoms with van der Waals surface area (Å²) < 4.78 is 0. The van der Waals surface area contributed by atoms with Crippen LogP contribution in [0.3, 0.4) is 0 Å². The van der Waals surface area contributed by atoms with Crippen molar-refractivity contribution in [1.82, 2.24) is 24.6 Å². The zero-order chi connectivity index (χ0) is 5.15. The molecule has 0 aromatic rings. The van der Waals surface area contributed by atoms with E-state index in [0.29, 0.717) is 0 Å². The molecule has 0 rings (SSSR count). The SMILES string of the molecule is CC(O)C(=O)O.N.N.N.N.[Ti]. The second-order valence-corrected chi connectivity index (χ2v) is 1.01. The summed E-state index contributed by atoms with van der Waals surface area (Å²) in [6, 6.07) is 0. The third-order valence-corrected chi connectivity index (χ3v) is 0.357. The first kappa shape index (κ1) is 44.1. The Morgan fingerprint density at radius 1 is 1.18 bits per heavy atom. The zero-order valence-corrected chi connectivity index (χ0v) is 8.27. The van der Waals surface area contributed by atoms with E-state index < -0.39 is 12.1 Å². The van der Waals surface area contributed by atoms with E-state index in [-0.39, 0.29) is 46.3 Å². The Bertz CT molecular complexity index is 71.6. The number of rotatable bonds is 1. The number of carboxylic acids is 1. The maximum absolute atomic E-state index is 9.45. The second kappa shape index (κ2) is 22.5. The van der Waals surface area contributed by atoms with E-state index in [4.69, 9.17) is 10.2 Å². The second-order valence-electron chi connectivity index (χ2n) is 1.01. The van der Waals surface area contributed by atoms with Gasteiger partial charge in [0.2, 0.25) is 0 Å². The minimum Gasteiger partial charge on any atom is -0.479 e. The Balaban J connectivity index is -0.0000000125. The molecule has 0 spiro atoms. The van der Waals surface area contributed by atoms with Crippen LogP contribution < -0.4 is 24.6 Å². The van der Waals surface area contributed by atoms with Gasteiger partial charge < -0.3 is 34.8 Å². The molecule has 0 fully saturated rings. The molecule has 1 unspecified atom stereocenters. The van der Waals surface area contributed by atoms with E-state index in [9.17, 15) is 4.79 Å². The van der Waals surface area contributed by atoms with E-state index in [1.54, 1.807) is 0 Å². The van der Waals surface area contributed by atoms with Gasteiger partial charge in [-0.25, -0.2) is 4.79 Å². The molecule has 0 heterocycles. The fraction of sp³-hybridized carbons (Fsp3) is 0.667. The number of aliphatic hydroxyl groups excluding tert-OH is 1. The molecule has 0 saturated carbocycles. The average Bonchev–Trinajstić information content (AvgIpc) is 1.36. The Labute approximate surface area is 80.8 Å². The summed E-state index contributed by atoms with van der Waals surface area (Å²) in [5.74, 6) is -1.19. The Morgan fingerprint density at radius 3 is 1.27 bits per heavy atom. The Kier molecular flexibility index (Phi) is 90.2. The third-order valence-electron chi connectivity index (χ3n) is 0.357. The van der Waals surface area contributed by atoms with E-state index in [1.165, 1.54) is 6.92 Å². The Hall–Kier alpha value is -0.0157. The number of aliphatic hydroxyl groups is 1. The molecule has 0 amide bonds. The van der Waals surface area contributed by atoms with Crippen LogP contribution in [0.25, 0.3) is 0 Å². The summed E-state index contributed by atoms with van der Waals surface area (Å²) in [7, 11) is 0. The van der Waals surface area contributed by atoms with Crippen LogP contribution in [0.4, 0.5) is 0 Å². The van der Waals surface area contributed by atoms with Gasteiger partial charge in [0.1, 0.15) is 6.10 Å². The predicted molar refractivity (Wildman–Crippen MR) is 39.4 cm³/mol. The van der Waals surface area contributed by atoms with E-state index in [0.717, 1.165) is 0 Å². The summed E-state index contributed by atoms with van der Waals surface area (Å²) in [5.41, 5.74) is 0. The van der Waals surface area contributed by atoms with Gasteiger partial charge in [-0.15, -0.1) is 0 Å². The van der Waals surface area contributed by atoms with Crippen molar-refractivity contribution in [2.75, 3.05) is 0 Å². The van der Waals surface area contributed by atoms with Crippen molar-refractivity contribution in [3.05, 3.63) is 0 Å². The van der Waals surface area contributed by atoms with Crippen LogP contribution in [0.5, 0.6) is 0 Å². The van der Waals surface area contributed by atoms with Gasteiger partial charge in [0, 0.05) is 21.7 Å². The molecule has 1 atom stereocenters. The maximum atomic E-state index is 9.45. The molecule has 0 saturated heterocycles. The molecule has 0 aliphatic heterocycles. The summed E-state index contributed by atoms with van der Waals surface area (Å²) in [4.78, 5) is 9.45. The molecule has 14 N–H and O–H groups in total. The molecule has 8 heteroatoms. The predicted octanol–water partition coefficient (Wildman–Crippen LogP) is 0.0973. The fourth-order valence-electron chi connectivity index (χ4n) is 0. The van der Waals surface area contributed by atoms with E-state index in [1.807, 2.05) is 0 Å². The first-order valence-corrected chi connectivity index (χ1v) is 1.55. The van der Waals surface area contributed by atoms with Crippen molar-refractivity contribution in [2.24, 2.45) is 0 Å². The number of hydrogen-bond acceptors (Lipinski definition) is 6. The van der Waals surface area contributed by atoms with Crippen LogP contribution in [0, 0.1) is 0 Å². The molecular weight excluding hydrogens is 188 g/mol. The summed E-state index contributed by atoms with van der Waals surface area (Å²) in [5, 5.41) is 15.8. The molecule has 0 aliphatic carbocycles. The van der Waals surface area contributed by atoms with Crippen LogP contribution in [0.1, 0.15) is 6.92 Å². The number of carbonyl (C=O) groups is 1. The van der Waals surface area contributed by atoms with Crippen LogP contribution in [0.15, 0.2) is 0 Å². The van der Waals surface area contributed by atoms with Crippen molar-refractivity contribution >= 4 is 5.97 Å². The molecular formula is C3H18N4O3Ti. The van der Waals surface area contributed by atoms with Crippen LogP contribution in [-0.4, -0.2) is 22.3 Å². The smallest absolute Gasteiger partial charge is 0.332 e. The van der Waals surface area contributed by atoms with Crippen molar-refractivity contribution in [3.8, 4) is 0 Å². The van der Waals surface area contributed by atoms with Gasteiger partial charge >= 0.3 is 5.97 Å². The first-order chi connectivity index (χ1) is 2.64. The van der Waals surface area contributed by atoms with E-state index in [2.05, 4.69) is 0 Å². The Morgan fingerprint density at radius 2 is 1.27 bits per heavy atom. The number of carboxylic acid groups (broad SMARTS) is 1. The summed E-state index contributed by atoms with van der Waals surface area (Å²) in [6.45, 7) is 1.20. The van der Waals surface area contributed by atoms with Gasteiger partial charge in [0.05, 0.1) is 0 Å². The minimum atomic E-state index is -1.23. The van der Waals surface area contributed by atoms with Crippen LogP contribution >= 0.6 is 0 Å². The normalized spacial score (nSPS) is 7.45. The van der Waals surface area contributed by atoms with Crippen molar-refractivity contribution in [1.29, 1.82) is 0 Å². The quantitative estimate of drug-likeness (QED) is 0.326. The summed E-state index contributed by atoms with van der Waals surface area (Å²) in [6.07, 6.45) is -1.23. The van der Waals surface area contributed by atoms with Gasteiger partial charge in [-0.05, 0) is 6.92 Å². The van der Waals surface area contributed by atoms with Crippen LogP contribution in [0.2, 0.25) is 0 Å². The zero-order valence-electron chi connectivity index (χ0n) is 6.71. The molecule has 0 aliphatic rings. The van der Waals surface area contributed by atoms with Crippen molar-refractivity contribution in [3.63, 3.8) is 0 Å². The molecule has 0 aromatic carbocycles. The molecule has 0 radical (unpaired) electrons. The van der Waals surface area contributed by atoms with Gasteiger partial charge in [-0.1, -0.05) is 0 Å². The fourth-order valence-corrected chi connectivity index (χ4v) is 0. The van der Waals surface area contributed by atoms with Gasteiger partial charge in [-0.3, -0.25) is 0 Å². The van der Waals surface area contributed by atoms with Crippen LogP contribution in [-0.2, 0) is 26.5 Å².